The maximum absolute atomic E-state index is 6.20. The number of hydrogen-bond donors (Lipinski definition) is 1. The van der Waals surface area contributed by atoms with E-state index in [1.807, 2.05) is 12.1 Å². The minimum absolute atomic E-state index is 0.401. The Bertz CT molecular complexity index is 451. The molecule has 1 saturated carbocycles. The molecule has 2 rings (SSSR count). The zero-order chi connectivity index (χ0) is 15.4. The summed E-state index contributed by atoms with van der Waals surface area (Å²) in [5, 5.41) is 4.96. The molecule has 1 nitrogen and oxygen atoms in total. The monoisotopic (exact) mass is 327 g/mol. The molecule has 1 N–H and O–H groups in total. The fourth-order valence-corrected chi connectivity index (χ4v) is 3.93. The van der Waals surface area contributed by atoms with Crippen LogP contribution in [-0.4, -0.2) is 6.54 Å². The van der Waals surface area contributed by atoms with E-state index >= 15 is 0 Å². The lowest BCUT2D eigenvalue weighted by Gasteiger charge is -2.36. The van der Waals surface area contributed by atoms with Crippen molar-refractivity contribution in [1.29, 1.82) is 0 Å². The normalized spacial score (nSPS) is 24.3. The summed E-state index contributed by atoms with van der Waals surface area (Å²) < 4.78 is 0. The third-order valence-electron chi connectivity index (χ3n) is 4.96. The Hall–Kier alpha value is -0.240. The van der Waals surface area contributed by atoms with E-state index in [1.54, 1.807) is 0 Å². The van der Waals surface area contributed by atoms with Gasteiger partial charge in [-0.25, -0.2) is 0 Å². The van der Waals surface area contributed by atoms with Crippen molar-refractivity contribution in [2.24, 2.45) is 17.8 Å². The number of benzene rings is 1. The van der Waals surface area contributed by atoms with Gasteiger partial charge >= 0.3 is 0 Å². The molecule has 0 spiro atoms. The standard InChI is InChI=1S/C18H27Cl2N/c1-4-21-18(15-9-10-16(19)17(20)11-15)14-7-5-13(6-8-14)12(2)3/h9-14,18,21H,4-8H2,1-3H3. The van der Waals surface area contributed by atoms with Crippen molar-refractivity contribution in [3.8, 4) is 0 Å². The number of hydrogen-bond acceptors (Lipinski definition) is 1. The van der Waals surface area contributed by atoms with Gasteiger partial charge in [-0.2, -0.15) is 0 Å². The Balaban J connectivity index is 2.10. The summed E-state index contributed by atoms with van der Waals surface area (Å²) in [6.45, 7) is 7.86. The lowest BCUT2D eigenvalue weighted by Crippen LogP contribution is -2.31. The lowest BCUT2D eigenvalue weighted by atomic mass is 9.73. The van der Waals surface area contributed by atoms with Gasteiger partial charge in [0.25, 0.3) is 0 Å². The Morgan fingerprint density at radius 2 is 1.67 bits per heavy atom. The van der Waals surface area contributed by atoms with Crippen molar-refractivity contribution in [2.45, 2.75) is 52.5 Å². The van der Waals surface area contributed by atoms with Crippen molar-refractivity contribution >= 4 is 23.2 Å². The molecule has 0 aromatic heterocycles. The largest absolute Gasteiger partial charge is 0.310 e. The molecule has 1 aliphatic rings. The van der Waals surface area contributed by atoms with E-state index < -0.39 is 0 Å². The predicted molar refractivity (Wildman–Crippen MR) is 93.2 cm³/mol. The molecule has 3 heteroatoms. The molecule has 0 radical (unpaired) electrons. The van der Waals surface area contributed by atoms with Crippen LogP contribution in [0.25, 0.3) is 0 Å². The van der Waals surface area contributed by atoms with E-state index in [-0.39, 0.29) is 0 Å². The smallest absolute Gasteiger partial charge is 0.0595 e. The molecule has 1 unspecified atom stereocenters. The van der Waals surface area contributed by atoms with Crippen LogP contribution in [-0.2, 0) is 0 Å². The predicted octanol–water partition coefficient (Wildman–Crippen LogP) is 6.11. The second kappa shape index (κ2) is 7.85. The second-order valence-corrected chi connectivity index (χ2v) is 7.44. The summed E-state index contributed by atoms with van der Waals surface area (Å²) in [6.07, 6.45) is 5.32. The minimum atomic E-state index is 0.401. The van der Waals surface area contributed by atoms with Crippen LogP contribution in [0.5, 0.6) is 0 Å². The highest BCUT2D eigenvalue weighted by atomic mass is 35.5. The van der Waals surface area contributed by atoms with Crippen LogP contribution >= 0.6 is 23.2 Å². The van der Waals surface area contributed by atoms with Crippen molar-refractivity contribution in [3.63, 3.8) is 0 Å². The van der Waals surface area contributed by atoms with Crippen molar-refractivity contribution in [1.82, 2.24) is 5.32 Å². The van der Waals surface area contributed by atoms with E-state index in [4.69, 9.17) is 23.2 Å². The van der Waals surface area contributed by atoms with E-state index in [2.05, 4.69) is 32.2 Å². The molecule has 0 saturated heterocycles. The SMILES string of the molecule is CCNC(c1ccc(Cl)c(Cl)c1)C1CCC(C(C)C)CC1. The van der Waals surface area contributed by atoms with E-state index in [1.165, 1.54) is 31.2 Å². The van der Waals surface area contributed by atoms with Gasteiger partial charge in [-0.05, 0) is 67.7 Å². The molecule has 0 heterocycles. The average molecular weight is 328 g/mol. The molecule has 0 amide bonds. The fraction of sp³-hybridized carbons (Fsp3) is 0.667. The fourth-order valence-electron chi connectivity index (χ4n) is 3.63. The minimum Gasteiger partial charge on any atom is -0.310 e. The Morgan fingerprint density at radius 1 is 1.05 bits per heavy atom. The molecular formula is C18H27Cl2N. The molecule has 1 fully saturated rings. The van der Waals surface area contributed by atoms with E-state index in [0.29, 0.717) is 22.0 Å². The van der Waals surface area contributed by atoms with Crippen molar-refractivity contribution < 1.29 is 0 Å². The van der Waals surface area contributed by atoms with Crippen LogP contribution in [0.4, 0.5) is 0 Å². The lowest BCUT2D eigenvalue weighted by molar-refractivity contribution is 0.190. The van der Waals surface area contributed by atoms with Gasteiger partial charge in [0, 0.05) is 6.04 Å². The van der Waals surface area contributed by atoms with Gasteiger partial charge in [-0.15, -0.1) is 0 Å². The quantitative estimate of drug-likeness (QED) is 0.688. The van der Waals surface area contributed by atoms with Crippen molar-refractivity contribution in [3.05, 3.63) is 33.8 Å². The zero-order valence-corrected chi connectivity index (χ0v) is 14.8. The highest BCUT2D eigenvalue weighted by Gasteiger charge is 2.29. The van der Waals surface area contributed by atoms with Gasteiger partial charge in [-0.1, -0.05) is 50.0 Å². The van der Waals surface area contributed by atoms with Crippen LogP contribution in [0.3, 0.4) is 0 Å². The topological polar surface area (TPSA) is 12.0 Å². The highest BCUT2D eigenvalue weighted by Crippen LogP contribution is 2.40. The Morgan fingerprint density at radius 3 is 2.19 bits per heavy atom. The van der Waals surface area contributed by atoms with Gasteiger partial charge in [-0.3, -0.25) is 0 Å². The van der Waals surface area contributed by atoms with Gasteiger partial charge in [0.2, 0.25) is 0 Å². The summed E-state index contributed by atoms with van der Waals surface area (Å²) in [7, 11) is 0. The maximum Gasteiger partial charge on any atom is 0.0595 e. The Kier molecular flexibility index (Phi) is 6.40. The molecule has 1 aromatic rings. The molecule has 21 heavy (non-hydrogen) atoms. The maximum atomic E-state index is 6.20. The summed E-state index contributed by atoms with van der Waals surface area (Å²) in [4.78, 5) is 0. The molecule has 1 aromatic carbocycles. The van der Waals surface area contributed by atoms with Crippen LogP contribution < -0.4 is 5.32 Å². The van der Waals surface area contributed by atoms with Crippen molar-refractivity contribution in [2.75, 3.05) is 6.54 Å². The molecular weight excluding hydrogens is 301 g/mol. The van der Waals surface area contributed by atoms with Gasteiger partial charge in [0.05, 0.1) is 10.0 Å². The summed E-state index contributed by atoms with van der Waals surface area (Å²) in [6, 6.07) is 6.48. The van der Waals surface area contributed by atoms with Crippen LogP contribution in [0.15, 0.2) is 18.2 Å². The van der Waals surface area contributed by atoms with Gasteiger partial charge in [0.1, 0.15) is 0 Å². The van der Waals surface area contributed by atoms with E-state index in [0.717, 1.165) is 18.4 Å². The number of nitrogens with one attached hydrogen (secondary N) is 1. The average Bonchev–Trinajstić information content (AvgIpc) is 2.48. The summed E-state index contributed by atoms with van der Waals surface area (Å²) >= 11 is 12.3. The first kappa shape index (κ1) is 17.1. The van der Waals surface area contributed by atoms with E-state index in [9.17, 15) is 0 Å². The summed E-state index contributed by atoms with van der Waals surface area (Å²) in [5.74, 6) is 2.42. The van der Waals surface area contributed by atoms with Crippen LogP contribution in [0, 0.1) is 17.8 Å². The summed E-state index contributed by atoms with van der Waals surface area (Å²) in [5.41, 5.74) is 1.28. The number of rotatable bonds is 5. The first-order chi connectivity index (χ1) is 10.0. The molecule has 118 valence electrons. The second-order valence-electron chi connectivity index (χ2n) is 6.63. The molecule has 1 atom stereocenters. The first-order valence-corrected chi connectivity index (χ1v) is 8.96. The Labute approximate surface area is 139 Å². The third-order valence-corrected chi connectivity index (χ3v) is 5.70. The first-order valence-electron chi connectivity index (χ1n) is 8.21. The van der Waals surface area contributed by atoms with Crippen LogP contribution in [0.1, 0.15) is 58.1 Å². The molecule has 1 aliphatic carbocycles. The van der Waals surface area contributed by atoms with Gasteiger partial charge in [0.15, 0.2) is 0 Å². The zero-order valence-electron chi connectivity index (χ0n) is 13.3. The third kappa shape index (κ3) is 4.37. The molecule has 0 aliphatic heterocycles. The van der Waals surface area contributed by atoms with Crippen LogP contribution in [0.2, 0.25) is 10.0 Å². The molecule has 0 bridgehead atoms. The van der Waals surface area contributed by atoms with Gasteiger partial charge < -0.3 is 5.32 Å². The number of halogens is 2. The highest BCUT2D eigenvalue weighted by molar-refractivity contribution is 6.42.